The molecule has 1 aliphatic heterocycles. The third-order valence-electron chi connectivity index (χ3n) is 5.23. The molecule has 4 heterocycles. The molecule has 1 unspecified atom stereocenters. The van der Waals surface area contributed by atoms with Crippen molar-refractivity contribution in [3.05, 3.63) is 54.5 Å². The molecule has 1 saturated heterocycles. The normalized spacial score (nSPS) is 16.8. The van der Waals surface area contributed by atoms with E-state index in [-0.39, 0.29) is 18.2 Å². The van der Waals surface area contributed by atoms with Gasteiger partial charge >= 0.3 is 0 Å². The molecule has 1 aliphatic rings. The Hall–Kier alpha value is -3.75. The highest BCUT2D eigenvalue weighted by molar-refractivity contribution is 6.05. The number of benzene rings is 1. The Morgan fingerprint density at radius 1 is 1.17 bits per heavy atom. The fourth-order valence-electron chi connectivity index (χ4n) is 3.75. The quantitative estimate of drug-likeness (QED) is 0.535. The molecule has 1 atom stereocenters. The molecule has 29 heavy (non-hydrogen) atoms. The van der Waals surface area contributed by atoms with Crippen LogP contribution in [0.25, 0.3) is 16.6 Å². The van der Waals surface area contributed by atoms with E-state index in [2.05, 4.69) is 25.7 Å². The molecule has 2 N–H and O–H groups in total. The van der Waals surface area contributed by atoms with Gasteiger partial charge in [-0.15, -0.1) is 10.2 Å². The van der Waals surface area contributed by atoms with Gasteiger partial charge in [-0.2, -0.15) is 5.10 Å². The number of carbonyl (C=O) groups is 2. The van der Waals surface area contributed by atoms with Gasteiger partial charge in [-0.1, -0.05) is 18.2 Å². The number of pyridine rings is 1. The Kier molecular flexibility index (Phi) is 4.19. The molecule has 146 valence electrons. The topological polar surface area (TPSA) is 108 Å². The zero-order valence-corrected chi connectivity index (χ0v) is 15.6. The predicted molar refractivity (Wildman–Crippen MR) is 106 cm³/mol. The summed E-state index contributed by atoms with van der Waals surface area (Å²) in [5.41, 5.74) is 1.64. The van der Waals surface area contributed by atoms with E-state index >= 15 is 0 Å². The lowest BCUT2D eigenvalue weighted by atomic mass is 10.1. The number of para-hydroxylation sites is 1. The van der Waals surface area contributed by atoms with Gasteiger partial charge in [0.2, 0.25) is 11.8 Å². The number of aromatic amines is 1. The minimum Gasteiger partial charge on any atom is -0.355 e. The number of anilines is 1. The maximum absolute atomic E-state index is 12.6. The van der Waals surface area contributed by atoms with Crippen molar-refractivity contribution in [3.63, 3.8) is 0 Å². The summed E-state index contributed by atoms with van der Waals surface area (Å²) in [7, 11) is 0. The molecule has 0 aliphatic carbocycles. The maximum atomic E-state index is 12.6. The van der Waals surface area contributed by atoms with E-state index in [1.165, 1.54) is 0 Å². The second kappa shape index (κ2) is 7.01. The van der Waals surface area contributed by atoms with Gasteiger partial charge in [0.15, 0.2) is 11.5 Å². The summed E-state index contributed by atoms with van der Waals surface area (Å²) in [5, 5.41) is 19.3. The third kappa shape index (κ3) is 3.10. The fraction of sp³-hybridized carbons (Fsp3) is 0.250. The van der Waals surface area contributed by atoms with Crippen LogP contribution < -0.4 is 10.2 Å². The number of rotatable bonds is 5. The standard InChI is InChI=1S/C20H19N7O2/c28-18-11-13(12-27(18)19-14-5-1-2-6-15(14)22-25-19)20(29)21-9-8-17-24-23-16-7-3-4-10-26(16)17/h1-7,10,13H,8-9,11-12H2,(H,21,29)(H,22,25). The molecule has 4 aromatic rings. The maximum Gasteiger partial charge on any atom is 0.229 e. The molecule has 0 bridgehead atoms. The first-order valence-corrected chi connectivity index (χ1v) is 9.50. The number of hydrogen-bond acceptors (Lipinski definition) is 5. The highest BCUT2D eigenvalue weighted by atomic mass is 16.2. The van der Waals surface area contributed by atoms with Crippen molar-refractivity contribution in [2.45, 2.75) is 12.8 Å². The van der Waals surface area contributed by atoms with Crippen molar-refractivity contribution in [3.8, 4) is 0 Å². The number of nitrogens with one attached hydrogen (secondary N) is 2. The van der Waals surface area contributed by atoms with Crippen LogP contribution in [0.4, 0.5) is 5.82 Å². The van der Waals surface area contributed by atoms with Crippen LogP contribution in [0, 0.1) is 5.92 Å². The largest absolute Gasteiger partial charge is 0.355 e. The van der Waals surface area contributed by atoms with E-state index in [1.54, 1.807) is 4.90 Å². The molecule has 1 aromatic carbocycles. The molecule has 5 rings (SSSR count). The van der Waals surface area contributed by atoms with E-state index in [4.69, 9.17) is 0 Å². The summed E-state index contributed by atoms with van der Waals surface area (Å²) in [6, 6.07) is 13.3. The van der Waals surface area contributed by atoms with Crippen molar-refractivity contribution in [1.82, 2.24) is 30.1 Å². The van der Waals surface area contributed by atoms with Crippen LogP contribution in [0.1, 0.15) is 12.2 Å². The zero-order valence-electron chi connectivity index (χ0n) is 15.6. The number of carbonyl (C=O) groups excluding carboxylic acids is 2. The van der Waals surface area contributed by atoms with Gasteiger partial charge in [-0.05, 0) is 24.3 Å². The van der Waals surface area contributed by atoms with E-state index in [0.717, 1.165) is 22.4 Å². The summed E-state index contributed by atoms with van der Waals surface area (Å²) < 4.78 is 1.90. The van der Waals surface area contributed by atoms with Crippen LogP contribution in [0.5, 0.6) is 0 Å². The van der Waals surface area contributed by atoms with Crippen LogP contribution in [0.15, 0.2) is 48.7 Å². The third-order valence-corrected chi connectivity index (χ3v) is 5.23. The number of H-pyrrole nitrogens is 1. The van der Waals surface area contributed by atoms with Gasteiger partial charge in [0.25, 0.3) is 0 Å². The van der Waals surface area contributed by atoms with Crippen molar-refractivity contribution in [2.24, 2.45) is 5.92 Å². The van der Waals surface area contributed by atoms with Crippen LogP contribution in [0.2, 0.25) is 0 Å². The van der Waals surface area contributed by atoms with E-state index < -0.39 is 5.92 Å². The molecule has 9 nitrogen and oxygen atoms in total. The average molecular weight is 389 g/mol. The lowest BCUT2D eigenvalue weighted by Crippen LogP contribution is -2.34. The average Bonchev–Trinajstić information content (AvgIpc) is 3.45. The Labute approximate surface area is 165 Å². The van der Waals surface area contributed by atoms with Gasteiger partial charge < -0.3 is 5.32 Å². The van der Waals surface area contributed by atoms with Gasteiger partial charge in [0, 0.05) is 37.5 Å². The number of fused-ring (bicyclic) bond motifs is 2. The molecule has 1 fully saturated rings. The fourth-order valence-corrected chi connectivity index (χ4v) is 3.75. The first-order valence-electron chi connectivity index (χ1n) is 9.50. The molecule has 0 radical (unpaired) electrons. The number of hydrogen-bond donors (Lipinski definition) is 2. The van der Waals surface area contributed by atoms with Gasteiger partial charge in [0.1, 0.15) is 5.82 Å². The molecule has 0 spiro atoms. The SMILES string of the molecule is O=C(NCCc1nnc2ccccn12)C1CC(=O)N(c2n[nH]c3ccccc23)C1. The molecular formula is C20H19N7O2. The van der Waals surface area contributed by atoms with Crippen LogP contribution >= 0.6 is 0 Å². The summed E-state index contributed by atoms with van der Waals surface area (Å²) in [4.78, 5) is 26.7. The lowest BCUT2D eigenvalue weighted by Gasteiger charge is -2.14. The summed E-state index contributed by atoms with van der Waals surface area (Å²) in [6.07, 6.45) is 2.64. The second-order valence-electron chi connectivity index (χ2n) is 7.08. The van der Waals surface area contributed by atoms with E-state index in [0.29, 0.717) is 25.3 Å². The molecule has 3 aromatic heterocycles. The van der Waals surface area contributed by atoms with E-state index in [1.807, 2.05) is 53.1 Å². The predicted octanol–water partition coefficient (Wildman–Crippen LogP) is 1.32. The first kappa shape index (κ1) is 17.4. The van der Waals surface area contributed by atoms with Crippen molar-refractivity contribution in [2.75, 3.05) is 18.0 Å². The number of amides is 2. The smallest absolute Gasteiger partial charge is 0.229 e. The summed E-state index contributed by atoms with van der Waals surface area (Å²) in [6.45, 7) is 0.762. The summed E-state index contributed by atoms with van der Waals surface area (Å²) in [5.74, 6) is 0.748. The van der Waals surface area contributed by atoms with Crippen molar-refractivity contribution in [1.29, 1.82) is 0 Å². The molecule has 9 heteroatoms. The minimum atomic E-state index is -0.395. The highest BCUT2D eigenvalue weighted by Gasteiger charge is 2.36. The molecule has 2 amide bonds. The Bertz CT molecular complexity index is 1210. The summed E-state index contributed by atoms with van der Waals surface area (Å²) >= 11 is 0. The second-order valence-corrected chi connectivity index (χ2v) is 7.08. The minimum absolute atomic E-state index is 0.0918. The van der Waals surface area contributed by atoms with Crippen LogP contribution in [-0.2, 0) is 16.0 Å². The highest BCUT2D eigenvalue weighted by Crippen LogP contribution is 2.29. The number of aromatic nitrogens is 5. The Morgan fingerprint density at radius 2 is 2.03 bits per heavy atom. The zero-order chi connectivity index (χ0) is 19.8. The van der Waals surface area contributed by atoms with Crippen LogP contribution in [0.3, 0.4) is 0 Å². The monoisotopic (exact) mass is 389 g/mol. The molecular weight excluding hydrogens is 370 g/mol. The molecule has 0 saturated carbocycles. The van der Waals surface area contributed by atoms with E-state index in [9.17, 15) is 9.59 Å². The van der Waals surface area contributed by atoms with Crippen molar-refractivity contribution >= 4 is 34.2 Å². The van der Waals surface area contributed by atoms with Gasteiger partial charge in [0.05, 0.1) is 11.4 Å². The number of nitrogens with zero attached hydrogens (tertiary/aromatic N) is 5. The van der Waals surface area contributed by atoms with Gasteiger partial charge in [-0.25, -0.2) is 0 Å². The van der Waals surface area contributed by atoms with Crippen molar-refractivity contribution < 1.29 is 9.59 Å². The van der Waals surface area contributed by atoms with Gasteiger partial charge in [-0.3, -0.25) is 24.0 Å². The Balaban J connectivity index is 1.22. The lowest BCUT2D eigenvalue weighted by molar-refractivity contribution is -0.126. The van der Waals surface area contributed by atoms with Crippen LogP contribution in [-0.4, -0.2) is 49.7 Å². The first-order chi connectivity index (χ1) is 14.2. The Morgan fingerprint density at radius 3 is 2.97 bits per heavy atom.